The third-order valence-electron chi connectivity index (χ3n) is 3.45. The van der Waals surface area contributed by atoms with E-state index in [-0.39, 0.29) is 5.92 Å². The molecule has 1 fully saturated rings. The highest BCUT2D eigenvalue weighted by molar-refractivity contribution is 5.73. The minimum Gasteiger partial charge on any atom is -0.480 e. The van der Waals surface area contributed by atoms with Crippen molar-refractivity contribution in [1.82, 2.24) is 0 Å². The Morgan fingerprint density at radius 2 is 1.88 bits per heavy atom. The Hall–Kier alpha value is -1.55. The summed E-state index contributed by atoms with van der Waals surface area (Å²) in [5, 5.41) is 8.88. The Bertz CT molecular complexity index is 372. The van der Waals surface area contributed by atoms with Crippen LogP contribution < -0.4 is 10.6 Å². The van der Waals surface area contributed by atoms with E-state index in [9.17, 15) is 4.79 Å². The summed E-state index contributed by atoms with van der Waals surface area (Å²) in [5.74, 6) is -0.782. The average Bonchev–Trinajstić information content (AvgIpc) is 2.39. The molecule has 0 aliphatic carbocycles. The van der Waals surface area contributed by atoms with E-state index < -0.39 is 12.0 Å². The van der Waals surface area contributed by atoms with Gasteiger partial charge in [-0.1, -0.05) is 18.2 Å². The number of hydrogen-bond acceptors (Lipinski definition) is 3. The van der Waals surface area contributed by atoms with Crippen LogP contribution in [-0.4, -0.2) is 30.2 Å². The number of aliphatic carboxylic acids is 1. The molecule has 0 amide bonds. The first-order valence-corrected chi connectivity index (χ1v) is 5.97. The summed E-state index contributed by atoms with van der Waals surface area (Å²) in [7, 11) is 0. The molecule has 1 atom stereocenters. The summed E-state index contributed by atoms with van der Waals surface area (Å²) in [5.41, 5.74) is 6.86. The molecule has 4 heteroatoms. The molecule has 4 nitrogen and oxygen atoms in total. The van der Waals surface area contributed by atoms with Crippen molar-refractivity contribution in [2.24, 2.45) is 11.7 Å². The van der Waals surface area contributed by atoms with Gasteiger partial charge in [0, 0.05) is 18.8 Å². The largest absolute Gasteiger partial charge is 0.480 e. The van der Waals surface area contributed by atoms with E-state index in [1.165, 1.54) is 5.69 Å². The summed E-state index contributed by atoms with van der Waals surface area (Å²) < 4.78 is 0. The molecule has 17 heavy (non-hydrogen) atoms. The highest BCUT2D eigenvalue weighted by Crippen LogP contribution is 2.24. The Balaban J connectivity index is 1.93. The molecule has 0 radical (unpaired) electrons. The van der Waals surface area contributed by atoms with E-state index in [0.29, 0.717) is 0 Å². The summed E-state index contributed by atoms with van der Waals surface area (Å²) >= 11 is 0. The molecular formula is C13H18N2O2. The Morgan fingerprint density at radius 1 is 1.29 bits per heavy atom. The fourth-order valence-electron chi connectivity index (χ4n) is 2.36. The third kappa shape index (κ3) is 2.77. The molecule has 1 aliphatic heterocycles. The minimum absolute atomic E-state index is 0.104. The molecule has 0 bridgehead atoms. The van der Waals surface area contributed by atoms with Crippen LogP contribution in [0.5, 0.6) is 0 Å². The predicted octanol–water partition coefficient (Wildman–Crippen LogP) is 1.31. The summed E-state index contributed by atoms with van der Waals surface area (Å²) in [6, 6.07) is 9.48. The fraction of sp³-hybridized carbons (Fsp3) is 0.462. The smallest absolute Gasteiger partial charge is 0.320 e. The van der Waals surface area contributed by atoms with Crippen molar-refractivity contribution in [3.8, 4) is 0 Å². The van der Waals surface area contributed by atoms with Gasteiger partial charge >= 0.3 is 5.97 Å². The highest BCUT2D eigenvalue weighted by atomic mass is 16.4. The first-order chi connectivity index (χ1) is 8.18. The summed E-state index contributed by atoms with van der Waals surface area (Å²) in [6.07, 6.45) is 1.70. The zero-order valence-corrected chi connectivity index (χ0v) is 9.75. The Morgan fingerprint density at radius 3 is 2.41 bits per heavy atom. The van der Waals surface area contributed by atoms with Crippen LogP contribution in [0.1, 0.15) is 12.8 Å². The molecule has 2 rings (SSSR count). The van der Waals surface area contributed by atoms with Crippen LogP contribution in [0.3, 0.4) is 0 Å². The number of nitrogens with zero attached hydrogens (tertiary/aromatic N) is 1. The van der Waals surface area contributed by atoms with E-state index in [0.717, 1.165) is 25.9 Å². The zero-order valence-electron chi connectivity index (χ0n) is 9.75. The topological polar surface area (TPSA) is 66.6 Å². The van der Waals surface area contributed by atoms with Crippen molar-refractivity contribution >= 4 is 11.7 Å². The van der Waals surface area contributed by atoms with Crippen LogP contribution in [0.25, 0.3) is 0 Å². The molecule has 1 aromatic rings. The number of anilines is 1. The number of para-hydroxylation sites is 1. The molecule has 92 valence electrons. The van der Waals surface area contributed by atoms with Gasteiger partial charge in [-0.05, 0) is 30.9 Å². The van der Waals surface area contributed by atoms with Crippen molar-refractivity contribution < 1.29 is 9.90 Å². The number of hydrogen-bond donors (Lipinski definition) is 2. The van der Waals surface area contributed by atoms with E-state index in [1.807, 2.05) is 18.2 Å². The predicted molar refractivity (Wildman–Crippen MR) is 67.0 cm³/mol. The molecule has 0 aromatic heterocycles. The molecule has 1 aromatic carbocycles. The monoisotopic (exact) mass is 234 g/mol. The molecule has 0 saturated carbocycles. The van der Waals surface area contributed by atoms with Crippen LogP contribution in [0.15, 0.2) is 30.3 Å². The molecule has 1 heterocycles. The molecular weight excluding hydrogens is 216 g/mol. The van der Waals surface area contributed by atoms with Crippen LogP contribution in [-0.2, 0) is 4.79 Å². The van der Waals surface area contributed by atoms with E-state index in [4.69, 9.17) is 10.8 Å². The molecule has 3 N–H and O–H groups in total. The van der Waals surface area contributed by atoms with Crippen LogP contribution in [0.4, 0.5) is 5.69 Å². The SMILES string of the molecule is NC(C(=O)O)C1CCN(c2ccccc2)CC1. The van der Waals surface area contributed by atoms with Crippen LogP contribution >= 0.6 is 0 Å². The van der Waals surface area contributed by atoms with Crippen molar-refractivity contribution in [3.05, 3.63) is 30.3 Å². The van der Waals surface area contributed by atoms with Gasteiger partial charge in [-0.25, -0.2) is 0 Å². The number of carboxylic acids is 1. The van der Waals surface area contributed by atoms with Crippen molar-refractivity contribution in [2.75, 3.05) is 18.0 Å². The van der Waals surface area contributed by atoms with Crippen molar-refractivity contribution in [1.29, 1.82) is 0 Å². The average molecular weight is 234 g/mol. The van der Waals surface area contributed by atoms with Gasteiger partial charge in [0.05, 0.1) is 0 Å². The standard InChI is InChI=1S/C13H18N2O2/c14-12(13(16)17)10-6-8-15(9-7-10)11-4-2-1-3-5-11/h1-5,10,12H,6-9,14H2,(H,16,17). The van der Waals surface area contributed by atoms with Gasteiger partial charge in [0.1, 0.15) is 6.04 Å². The van der Waals surface area contributed by atoms with E-state index in [1.54, 1.807) is 0 Å². The lowest BCUT2D eigenvalue weighted by molar-refractivity contribution is -0.140. The maximum Gasteiger partial charge on any atom is 0.320 e. The van der Waals surface area contributed by atoms with Gasteiger partial charge in [0.2, 0.25) is 0 Å². The Labute approximate surface area is 101 Å². The number of nitrogens with two attached hydrogens (primary N) is 1. The van der Waals surface area contributed by atoms with Gasteiger partial charge in [-0.15, -0.1) is 0 Å². The lowest BCUT2D eigenvalue weighted by atomic mass is 9.90. The lowest BCUT2D eigenvalue weighted by Crippen LogP contribution is -2.44. The lowest BCUT2D eigenvalue weighted by Gasteiger charge is -2.34. The van der Waals surface area contributed by atoms with Crippen molar-refractivity contribution in [2.45, 2.75) is 18.9 Å². The van der Waals surface area contributed by atoms with Gasteiger partial charge in [-0.2, -0.15) is 0 Å². The quantitative estimate of drug-likeness (QED) is 0.827. The Kier molecular flexibility index (Phi) is 3.64. The number of benzene rings is 1. The van der Waals surface area contributed by atoms with Crippen LogP contribution in [0, 0.1) is 5.92 Å². The van der Waals surface area contributed by atoms with Gasteiger partial charge in [-0.3, -0.25) is 4.79 Å². The maximum absolute atomic E-state index is 10.8. The summed E-state index contributed by atoms with van der Waals surface area (Å²) in [6.45, 7) is 1.77. The molecule has 1 aliphatic rings. The van der Waals surface area contributed by atoms with Gasteiger partial charge < -0.3 is 15.7 Å². The fourth-order valence-corrected chi connectivity index (χ4v) is 2.36. The number of carboxylic acid groups (broad SMARTS) is 1. The second-order valence-electron chi connectivity index (χ2n) is 4.52. The van der Waals surface area contributed by atoms with Gasteiger partial charge in [0.15, 0.2) is 0 Å². The maximum atomic E-state index is 10.8. The minimum atomic E-state index is -0.886. The third-order valence-corrected chi connectivity index (χ3v) is 3.45. The van der Waals surface area contributed by atoms with Crippen LogP contribution in [0.2, 0.25) is 0 Å². The highest BCUT2D eigenvalue weighted by Gasteiger charge is 2.28. The first kappa shape index (κ1) is 11.9. The second-order valence-corrected chi connectivity index (χ2v) is 4.52. The molecule has 0 spiro atoms. The normalized spacial score (nSPS) is 19.0. The van der Waals surface area contributed by atoms with Crippen molar-refractivity contribution in [3.63, 3.8) is 0 Å². The number of rotatable bonds is 3. The second kappa shape index (κ2) is 5.19. The molecule has 1 unspecified atom stereocenters. The zero-order chi connectivity index (χ0) is 12.3. The van der Waals surface area contributed by atoms with Gasteiger partial charge in [0.25, 0.3) is 0 Å². The first-order valence-electron chi connectivity index (χ1n) is 5.97. The molecule has 1 saturated heterocycles. The number of piperidine rings is 1. The summed E-state index contributed by atoms with van der Waals surface area (Å²) in [4.78, 5) is 13.1. The van der Waals surface area contributed by atoms with E-state index >= 15 is 0 Å². The van der Waals surface area contributed by atoms with E-state index in [2.05, 4.69) is 17.0 Å². The number of carbonyl (C=O) groups is 1.